The number of carbonyl (C=O) groups excluding carboxylic acids is 1. The molecule has 26 heavy (non-hydrogen) atoms. The molecule has 1 unspecified atom stereocenters. The van der Waals surface area contributed by atoms with Gasteiger partial charge in [0, 0.05) is 40.3 Å². The number of hydrogen-bond acceptors (Lipinski definition) is 5. The van der Waals surface area contributed by atoms with Crippen LogP contribution >= 0.6 is 0 Å². The number of aromatic nitrogens is 2. The van der Waals surface area contributed by atoms with E-state index in [0.717, 1.165) is 31.0 Å². The lowest BCUT2D eigenvalue weighted by molar-refractivity contribution is -0.137. The van der Waals surface area contributed by atoms with Crippen molar-refractivity contribution in [2.24, 2.45) is 7.05 Å². The van der Waals surface area contributed by atoms with E-state index in [4.69, 9.17) is 9.72 Å². The number of nitrogens with zero attached hydrogens (tertiary/aromatic N) is 4. The van der Waals surface area contributed by atoms with Crippen LogP contribution in [0.5, 0.6) is 0 Å². The number of amides is 1. The van der Waals surface area contributed by atoms with Crippen molar-refractivity contribution >= 4 is 18.1 Å². The fourth-order valence-corrected chi connectivity index (χ4v) is 3.49. The number of allylic oxidation sites excluding steroid dienone is 2. The molecule has 140 valence electrons. The molecule has 1 aliphatic heterocycles. The Bertz CT molecular complexity index is 789. The van der Waals surface area contributed by atoms with Crippen molar-refractivity contribution in [2.75, 3.05) is 39.9 Å². The summed E-state index contributed by atoms with van der Waals surface area (Å²) >= 11 is 0. The number of ether oxygens (including phenoxy) is 1. The topological polar surface area (TPSA) is 67.7 Å². The van der Waals surface area contributed by atoms with Gasteiger partial charge in [0.2, 0.25) is 5.91 Å². The molecule has 0 N–H and O–H groups in total. The van der Waals surface area contributed by atoms with Gasteiger partial charge in [0.05, 0.1) is 17.3 Å². The molecular weight excluding hydrogens is 332 g/mol. The molecule has 2 aliphatic rings. The summed E-state index contributed by atoms with van der Waals surface area (Å²) in [7, 11) is 3.31. The quantitative estimate of drug-likeness (QED) is 0.805. The molecule has 0 spiro atoms. The van der Waals surface area contributed by atoms with E-state index >= 15 is 0 Å². The van der Waals surface area contributed by atoms with Crippen molar-refractivity contribution in [3.8, 4) is 0 Å². The minimum Gasteiger partial charge on any atom is -0.375 e. The highest BCUT2D eigenvalue weighted by Gasteiger charge is 2.27. The van der Waals surface area contributed by atoms with Crippen molar-refractivity contribution in [3.63, 3.8) is 0 Å². The van der Waals surface area contributed by atoms with Crippen LogP contribution in [0.1, 0.15) is 36.5 Å². The van der Waals surface area contributed by atoms with Gasteiger partial charge in [0.15, 0.2) is 0 Å². The Labute approximate surface area is 153 Å². The third kappa shape index (κ3) is 3.64. The maximum atomic E-state index is 12.7. The van der Waals surface area contributed by atoms with E-state index in [-0.39, 0.29) is 24.1 Å². The highest BCUT2D eigenvalue weighted by atomic mass is 16.5. The summed E-state index contributed by atoms with van der Waals surface area (Å²) in [4.78, 5) is 33.6. The highest BCUT2D eigenvalue weighted by molar-refractivity contribution is 5.77. The first kappa shape index (κ1) is 18.5. The van der Waals surface area contributed by atoms with E-state index in [1.165, 1.54) is 7.11 Å². The summed E-state index contributed by atoms with van der Waals surface area (Å²) < 4.78 is 6.58. The third-order valence-corrected chi connectivity index (χ3v) is 5.08. The van der Waals surface area contributed by atoms with E-state index in [0.29, 0.717) is 18.7 Å². The number of carbonyl (C=O) groups is 1. The van der Waals surface area contributed by atoms with Crippen LogP contribution in [0.4, 0.5) is 0 Å². The Morgan fingerprint density at radius 3 is 2.62 bits per heavy atom. The largest absolute Gasteiger partial charge is 0.375 e. The number of hydrogen-bond donors (Lipinski definition) is 0. The summed E-state index contributed by atoms with van der Waals surface area (Å²) in [6.45, 7) is 5.01. The van der Waals surface area contributed by atoms with Crippen molar-refractivity contribution in [3.05, 3.63) is 39.6 Å². The van der Waals surface area contributed by atoms with Crippen molar-refractivity contribution < 1.29 is 9.53 Å². The first-order chi connectivity index (χ1) is 12.5. The Kier molecular flexibility index (Phi) is 5.68. The normalized spacial score (nSPS) is 18.5. The first-order valence-electron chi connectivity index (χ1n) is 8.97. The van der Waals surface area contributed by atoms with Gasteiger partial charge in [-0.1, -0.05) is 18.2 Å². The molecule has 1 aromatic heterocycles. The van der Waals surface area contributed by atoms with Crippen LogP contribution in [0.2, 0.25) is 0 Å². The van der Waals surface area contributed by atoms with Gasteiger partial charge in [-0.05, 0) is 19.4 Å². The van der Waals surface area contributed by atoms with E-state index in [1.54, 1.807) is 11.6 Å². The molecule has 1 fully saturated rings. The second kappa shape index (κ2) is 7.97. The van der Waals surface area contributed by atoms with Gasteiger partial charge in [0.25, 0.3) is 5.56 Å². The van der Waals surface area contributed by atoms with Crippen LogP contribution in [0.25, 0.3) is 12.2 Å². The van der Waals surface area contributed by atoms with Crippen LogP contribution in [0, 0.1) is 0 Å². The van der Waals surface area contributed by atoms with Crippen LogP contribution < -0.4 is 5.56 Å². The molecule has 0 bridgehead atoms. The zero-order valence-electron chi connectivity index (χ0n) is 15.6. The lowest BCUT2D eigenvalue weighted by Gasteiger charge is -2.38. The van der Waals surface area contributed by atoms with Gasteiger partial charge < -0.3 is 9.64 Å². The predicted octanol–water partition coefficient (Wildman–Crippen LogP) is 1.06. The lowest BCUT2D eigenvalue weighted by Crippen LogP contribution is -2.50. The molecule has 1 aliphatic carbocycles. The van der Waals surface area contributed by atoms with Gasteiger partial charge in [-0.25, -0.2) is 4.98 Å². The minimum atomic E-state index is -0.0199. The van der Waals surface area contributed by atoms with Crippen LogP contribution in [0.15, 0.2) is 16.9 Å². The van der Waals surface area contributed by atoms with Crippen LogP contribution in [-0.4, -0.2) is 65.2 Å². The van der Waals surface area contributed by atoms with E-state index in [1.807, 2.05) is 29.2 Å². The average molecular weight is 358 g/mol. The van der Waals surface area contributed by atoms with Gasteiger partial charge >= 0.3 is 0 Å². The monoisotopic (exact) mass is 358 g/mol. The number of rotatable bonds is 4. The van der Waals surface area contributed by atoms with Crippen molar-refractivity contribution in [1.82, 2.24) is 19.4 Å². The van der Waals surface area contributed by atoms with Gasteiger partial charge in [-0.15, -0.1) is 0 Å². The Hall–Kier alpha value is -2.25. The van der Waals surface area contributed by atoms with Crippen LogP contribution in [-0.2, 0) is 16.6 Å². The molecule has 3 rings (SSSR count). The van der Waals surface area contributed by atoms with Crippen molar-refractivity contribution in [1.29, 1.82) is 0 Å². The molecule has 2 heterocycles. The predicted molar refractivity (Wildman–Crippen MR) is 101 cm³/mol. The van der Waals surface area contributed by atoms with E-state index < -0.39 is 0 Å². The minimum absolute atomic E-state index is 0.00156. The molecule has 7 heteroatoms. The molecular formula is C19H26N4O3. The Morgan fingerprint density at radius 2 is 1.92 bits per heavy atom. The molecule has 1 saturated heterocycles. The summed E-state index contributed by atoms with van der Waals surface area (Å²) in [6.07, 6.45) is 8.59. The molecule has 1 atom stereocenters. The fraction of sp³-hybridized carbons (Fsp3) is 0.526. The second-order valence-electron chi connectivity index (χ2n) is 6.70. The van der Waals surface area contributed by atoms with E-state index in [2.05, 4.69) is 11.8 Å². The van der Waals surface area contributed by atoms with Crippen LogP contribution in [0.3, 0.4) is 0 Å². The molecule has 0 aromatic carbocycles. The lowest BCUT2D eigenvalue weighted by atomic mass is 10.1. The fourth-order valence-electron chi connectivity index (χ4n) is 3.49. The average Bonchev–Trinajstić information content (AvgIpc) is 2.90. The summed E-state index contributed by atoms with van der Waals surface area (Å²) in [5.74, 6) is 0.776. The summed E-state index contributed by atoms with van der Waals surface area (Å²) in [6, 6.07) is -0.00156. The summed E-state index contributed by atoms with van der Waals surface area (Å²) in [5.41, 5.74) is 1.36. The Balaban J connectivity index is 1.79. The van der Waals surface area contributed by atoms with Gasteiger partial charge in [0.1, 0.15) is 12.4 Å². The number of methoxy groups -OCH3 is 1. The standard InChI is InChI=1S/C19H26N4O3/c1-14(22-9-11-23(12-10-22)17(24)13-26-3)18-20-16-8-6-4-5-7-15(16)19(25)21(18)2/h5-8,14H,4,9-13H2,1-3H3. The van der Waals surface area contributed by atoms with Gasteiger partial charge in [-0.3, -0.25) is 19.1 Å². The summed E-state index contributed by atoms with van der Waals surface area (Å²) in [5, 5.41) is 0. The zero-order chi connectivity index (χ0) is 18.7. The SMILES string of the molecule is COCC(=O)N1CCN(C(C)c2nc3c(c(=O)n2C)C=CCC=C3)CC1. The highest BCUT2D eigenvalue weighted by Crippen LogP contribution is 2.21. The zero-order valence-corrected chi connectivity index (χ0v) is 15.6. The van der Waals surface area contributed by atoms with E-state index in [9.17, 15) is 9.59 Å². The maximum absolute atomic E-state index is 12.7. The molecule has 0 radical (unpaired) electrons. The maximum Gasteiger partial charge on any atom is 0.261 e. The third-order valence-electron chi connectivity index (χ3n) is 5.08. The van der Waals surface area contributed by atoms with Gasteiger partial charge in [-0.2, -0.15) is 0 Å². The second-order valence-corrected chi connectivity index (χ2v) is 6.70. The molecule has 1 amide bonds. The Morgan fingerprint density at radius 1 is 1.23 bits per heavy atom. The smallest absolute Gasteiger partial charge is 0.261 e. The molecule has 0 saturated carbocycles. The molecule has 7 nitrogen and oxygen atoms in total. The van der Waals surface area contributed by atoms with Crippen molar-refractivity contribution in [2.45, 2.75) is 19.4 Å². The molecule has 1 aromatic rings. The first-order valence-corrected chi connectivity index (χ1v) is 8.97. The number of fused-ring (bicyclic) bond motifs is 1. The number of piperazine rings is 1.